The van der Waals surface area contributed by atoms with E-state index < -0.39 is 0 Å². The highest BCUT2D eigenvalue weighted by Crippen LogP contribution is 2.25. The van der Waals surface area contributed by atoms with E-state index in [-0.39, 0.29) is 11.9 Å². The van der Waals surface area contributed by atoms with Crippen LogP contribution in [0.15, 0.2) is 45.5 Å². The largest absolute Gasteiger partial charge is 0.468 e. The van der Waals surface area contributed by atoms with Gasteiger partial charge in [0.2, 0.25) is 0 Å². The van der Waals surface area contributed by atoms with E-state index in [0.29, 0.717) is 17.1 Å². The first-order chi connectivity index (χ1) is 11.6. The van der Waals surface area contributed by atoms with E-state index in [4.69, 9.17) is 16.0 Å². The number of halogens is 2. The highest BCUT2D eigenvalue weighted by Gasteiger charge is 2.25. The molecule has 128 valence electrons. The number of carbonyl (C=O) groups excluding carboxylic acids is 1. The molecular weight excluding hydrogens is 392 g/mol. The van der Waals surface area contributed by atoms with Gasteiger partial charge in [-0.3, -0.25) is 9.69 Å². The second-order valence-corrected chi connectivity index (χ2v) is 7.28. The smallest absolute Gasteiger partial charge is 0.252 e. The molecule has 1 atom stereocenters. The predicted octanol–water partition coefficient (Wildman–Crippen LogP) is 4.65. The molecule has 1 amide bonds. The van der Waals surface area contributed by atoms with E-state index >= 15 is 0 Å². The maximum Gasteiger partial charge on any atom is 0.252 e. The summed E-state index contributed by atoms with van der Waals surface area (Å²) >= 11 is 9.52. The zero-order valence-corrected chi connectivity index (χ0v) is 15.6. The molecule has 2 heterocycles. The number of nitrogens with one attached hydrogen (secondary N) is 1. The molecule has 1 aromatic heterocycles. The molecule has 1 saturated heterocycles. The quantitative estimate of drug-likeness (QED) is 0.779. The summed E-state index contributed by atoms with van der Waals surface area (Å²) in [6, 6.07) is 9.18. The number of furan rings is 1. The third-order valence-corrected chi connectivity index (χ3v) is 5.14. The van der Waals surface area contributed by atoms with Crippen molar-refractivity contribution in [3.8, 4) is 0 Å². The van der Waals surface area contributed by atoms with Gasteiger partial charge in [-0.1, -0.05) is 34.0 Å². The number of nitrogens with zero attached hydrogens (tertiary/aromatic N) is 1. The number of hydrogen-bond acceptors (Lipinski definition) is 3. The number of benzene rings is 1. The van der Waals surface area contributed by atoms with Gasteiger partial charge in [0.25, 0.3) is 5.91 Å². The molecule has 1 unspecified atom stereocenters. The van der Waals surface area contributed by atoms with E-state index in [1.165, 1.54) is 19.3 Å². The highest BCUT2D eigenvalue weighted by molar-refractivity contribution is 9.10. The Morgan fingerprint density at radius 2 is 2.08 bits per heavy atom. The minimum absolute atomic E-state index is 0.0541. The first kappa shape index (κ1) is 17.5. The molecule has 6 heteroatoms. The van der Waals surface area contributed by atoms with Gasteiger partial charge in [-0.05, 0) is 56.3 Å². The molecule has 24 heavy (non-hydrogen) atoms. The van der Waals surface area contributed by atoms with Crippen LogP contribution in [0, 0.1) is 0 Å². The van der Waals surface area contributed by atoms with E-state index in [1.807, 2.05) is 18.2 Å². The summed E-state index contributed by atoms with van der Waals surface area (Å²) in [4.78, 5) is 14.9. The Hall–Kier alpha value is -1.30. The Labute approximate surface area is 155 Å². The second kappa shape index (κ2) is 8.19. The van der Waals surface area contributed by atoms with Gasteiger partial charge < -0.3 is 9.73 Å². The maximum atomic E-state index is 12.5. The minimum Gasteiger partial charge on any atom is -0.468 e. The van der Waals surface area contributed by atoms with Crippen LogP contribution in [0.2, 0.25) is 5.02 Å². The van der Waals surface area contributed by atoms with Crippen LogP contribution in [0.25, 0.3) is 0 Å². The fraction of sp³-hybridized carbons (Fsp3) is 0.389. The van der Waals surface area contributed by atoms with Gasteiger partial charge in [0.15, 0.2) is 0 Å². The van der Waals surface area contributed by atoms with Crippen LogP contribution in [0.5, 0.6) is 0 Å². The third kappa shape index (κ3) is 4.21. The van der Waals surface area contributed by atoms with Crippen molar-refractivity contribution >= 4 is 33.4 Å². The van der Waals surface area contributed by atoms with Crippen molar-refractivity contribution in [2.75, 3.05) is 19.6 Å². The van der Waals surface area contributed by atoms with Gasteiger partial charge in [0.05, 0.1) is 22.9 Å². The van der Waals surface area contributed by atoms with Gasteiger partial charge in [-0.25, -0.2) is 0 Å². The molecule has 1 N–H and O–H groups in total. The normalized spacial score (nSPS) is 16.8. The maximum absolute atomic E-state index is 12.5. The van der Waals surface area contributed by atoms with Gasteiger partial charge in [0.1, 0.15) is 5.76 Å². The molecule has 4 nitrogen and oxygen atoms in total. The summed E-state index contributed by atoms with van der Waals surface area (Å²) in [7, 11) is 0. The Morgan fingerprint density at radius 3 is 2.75 bits per heavy atom. The fourth-order valence-electron chi connectivity index (χ4n) is 3.08. The van der Waals surface area contributed by atoms with Crippen LogP contribution in [-0.2, 0) is 0 Å². The lowest BCUT2D eigenvalue weighted by molar-refractivity contribution is 0.0914. The fourth-order valence-corrected chi connectivity index (χ4v) is 3.84. The van der Waals surface area contributed by atoms with Crippen LogP contribution in [0.1, 0.15) is 41.4 Å². The number of piperidine rings is 1. The summed E-state index contributed by atoms with van der Waals surface area (Å²) in [5.41, 5.74) is 0.483. The van der Waals surface area contributed by atoms with E-state index in [9.17, 15) is 4.79 Å². The van der Waals surface area contributed by atoms with Crippen molar-refractivity contribution in [1.29, 1.82) is 0 Å². The molecule has 0 spiro atoms. The molecular formula is C18H20BrClN2O2. The van der Waals surface area contributed by atoms with Crippen molar-refractivity contribution in [3.05, 3.63) is 57.4 Å². The topological polar surface area (TPSA) is 45.5 Å². The molecule has 0 bridgehead atoms. The molecule has 0 aliphatic carbocycles. The summed E-state index contributed by atoms with van der Waals surface area (Å²) in [5, 5.41) is 3.44. The Bertz CT molecular complexity index is 684. The molecule has 1 aromatic carbocycles. The first-order valence-electron chi connectivity index (χ1n) is 8.16. The van der Waals surface area contributed by atoms with Crippen molar-refractivity contribution < 1.29 is 9.21 Å². The Kier molecular flexibility index (Phi) is 5.98. The van der Waals surface area contributed by atoms with Crippen LogP contribution < -0.4 is 5.32 Å². The van der Waals surface area contributed by atoms with Crippen LogP contribution in [0.4, 0.5) is 0 Å². The SMILES string of the molecule is O=C(NCC(c1ccco1)N1CCCCC1)c1ccc(Br)cc1Cl. The first-order valence-corrected chi connectivity index (χ1v) is 9.33. The average molecular weight is 412 g/mol. The van der Waals surface area contributed by atoms with Crippen molar-refractivity contribution in [1.82, 2.24) is 10.2 Å². The zero-order chi connectivity index (χ0) is 16.9. The highest BCUT2D eigenvalue weighted by atomic mass is 79.9. The lowest BCUT2D eigenvalue weighted by atomic mass is 10.1. The lowest BCUT2D eigenvalue weighted by Gasteiger charge is -2.33. The minimum atomic E-state index is -0.166. The van der Waals surface area contributed by atoms with Gasteiger partial charge >= 0.3 is 0 Å². The van der Waals surface area contributed by atoms with Gasteiger partial charge in [-0.15, -0.1) is 0 Å². The van der Waals surface area contributed by atoms with E-state index in [1.54, 1.807) is 18.4 Å². The number of amides is 1. The summed E-state index contributed by atoms with van der Waals surface area (Å²) in [6.45, 7) is 2.55. The van der Waals surface area contributed by atoms with Crippen LogP contribution in [0.3, 0.4) is 0 Å². The van der Waals surface area contributed by atoms with Crippen molar-refractivity contribution in [2.45, 2.75) is 25.3 Å². The van der Waals surface area contributed by atoms with E-state index in [0.717, 1.165) is 23.3 Å². The molecule has 1 aliphatic heterocycles. The third-order valence-electron chi connectivity index (χ3n) is 4.33. The van der Waals surface area contributed by atoms with Crippen LogP contribution in [-0.4, -0.2) is 30.4 Å². The number of hydrogen-bond donors (Lipinski definition) is 1. The molecule has 3 rings (SSSR count). The van der Waals surface area contributed by atoms with E-state index in [2.05, 4.69) is 26.1 Å². The van der Waals surface area contributed by atoms with Crippen molar-refractivity contribution in [2.24, 2.45) is 0 Å². The molecule has 1 fully saturated rings. The molecule has 0 saturated carbocycles. The number of rotatable bonds is 5. The number of carbonyl (C=O) groups is 1. The lowest BCUT2D eigenvalue weighted by Crippen LogP contribution is -2.40. The Morgan fingerprint density at radius 1 is 1.29 bits per heavy atom. The zero-order valence-electron chi connectivity index (χ0n) is 13.3. The average Bonchev–Trinajstić information content (AvgIpc) is 3.10. The van der Waals surface area contributed by atoms with Gasteiger partial charge in [0, 0.05) is 11.0 Å². The Balaban J connectivity index is 1.70. The predicted molar refractivity (Wildman–Crippen MR) is 98.4 cm³/mol. The van der Waals surface area contributed by atoms with Gasteiger partial charge in [-0.2, -0.15) is 0 Å². The summed E-state index contributed by atoms with van der Waals surface area (Å²) < 4.78 is 6.45. The standard InChI is InChI=1S/C18H20BrClN2O2/c19-13-6-7-14(15(20)11-13)18(23)21-12-16(17-5-4-10-24-17)22-8-2-1-3-9-22/h4-7,10-11,16H,1-3,8-9,12H2,(H,21,23). The van der Waals surface area contributed by atoms with Crippen LogP contribution >= 0.6 is 27.5 Å². The summed E-state index contributed by atoms with van der Waals surface area (Å²) in [5.74, 6) is 0.722. The molecule has 1 aliphatic rings. The molecule has 2 aromatic rings. The van der Waals surface area contributed by atoms with Crippen molar-refractivity contribution in [3.63, 3.8) is 0 Å². The number of likely N-dealkylation sites (tertiary alicyclic amines) is 1. The second-order valence-electron chi connectivity index (χ2n) is 5.96. The molecule has 0 radical (unpaired) electrons. The summed E-state index contributed by atoms with van der Waals surface area (Å²) in [6.07, 6.45) is 5.31. The monoisotopic (exact) mass is 410 g/mol.